The van der Waals surface area contributed by atoms with Crippen molar-refractivity contribution in [3.05, 3.63) is 0 Å². The fraction of sp³-hybridized carbons (Fsp3) is 0.875. The lowest BCUT2D eigenvalue weighted by molar-refractivity contribution is -0.183. The topological polar surface area (TPSA) is 75.6 Å². The van der Waals surface area contributed by atoms with Gasteiger partial charge < -0.3 is 15.2 Å². The molecule has 0 aliphatic heterocycles. The van der Waals surface area contributed by atoms with Gasteiger partial charge in [0.05, 0.1) is 11.5 Å². The number of rotatable bonds is 4. The van der Waals surface area contributed by atoms with Crippen molar-refractivity contribution < 1.29 is 19.4 Å². The van der Waals surface area contributed by atoms with Gasteiger partial charge in [0.25, 0.3) is 0 Å². The molecule has 2 saturated carbocycles. The zero-order chi connectivity index (χ0) is 15.8. The number of nitrogens with one attached hydrogen (secondary N) is 1. The van der Waals surface area contributed by atoms with Gasteiger partial charge in [-0.15, -0.1) is 0 Å². The van der Waals surface area contributed by atoms with Crippen LogP contribution >= 0.6 is 0 Å². The zero-order valence-electron chi connectivity index (χ0n) is 13.4. The normalized spacial score (nSPS) is 38.4. The summed E-state index contributed by atoms with van der Waals surface area (Å²) in [5.74, 6) is -0.961. The van der Waals surface area contributed by atoms with Crippen LogP contribution in [0, 0.1) is 17.3 Å². The fourth-order valence-corrected chi connectivity index (χ4v) is 3.62. The van der Waals surface area contributed by atoms with Crippen LogP contribution in [0.3, 0.4) is 0 Å². The second-order valence-electron chi connectivity index (χ2n) is 7.31. The molecule has 2 rings (SSSR count). The fourth-order valence-electron chi connectivity index (χ4n) is 3.62. The molecule has 0 aromatic heterocycles. The molecule has 2 unspecified atom stereocenters. The number of amides is 1. The van der Waals surface area contributed by atoms with Crippen molar-refractivity contribution in [1.82, 2.24) is 5.32 Å². The van der Waals surface area contributed by atoms with Crippen LogP contribution in [-0.2, 0) is 14.3 Å². The summed E-state index contributed by atoms with van der Waals surface area (Å²) in [5, 5.41) is 12.1. The highest BCUT2D eigenvalue weighted by Crippen LogP contribution is 2.51. The summed E-state index contributed by atoms with van der Waals surface area (Å²) in [7, 11) is 1.72. The predicted molar refractivity (Wildman–Crippen MR) is 78.8 cm³/mol. The lowest BCUT2D eigenvalue weighted by Gasteiger charge is -2.59. The predicted octanol–water partition coefficient (Wildman–Crippen LogP) is 2.20. The van der Waals surface area contributed by atoms with Crippen molar-refractivity contribution in [3.63, 3.8) is 0 Å². The van der Waals surface area contributed by atoms with E-state index in [1.54, 1.807) is 7.11 Å². The molecule has 0 aromatic carbocycles. The Bertz CT molecular complexity index is 426. The maximum Gasteiger partial charge on any atom is 0.306 e. The van der Waals surface area contributed by atoms with E-state index in [1.165, 1.54) is 0 Å². The molecule has 0 bridgehead atoms. The van der Waals surface area contributed by atoms with E-state index in [0.29, 0.717) is 25.7 Å². The molecule has 0 aromatic rings. The second kappa shape index (κ2) is 5.59. The molecular weight excluding hydrogens is 270 g/mol. The number of hydrogen-bond acceptors (Lipinski definition) is 3. The van der Waals surface area contributed by atoms with Gasteiger partial charge in [0.15, 0.2) is 0 Å². The van der Waals surface area contributed by atoms with Gasteiger partial charge in [-0.05, 0) is 39.0 Å². The van der Waals surface area contributed by atoms with Crippen LogP contribution < -0.4 is 5.32 Å². The van der Waals surface area contributed by atoms with Crippen molar-refractivity contribution >= 4 is 11.9 Å². The lowest BCUT2D eigenvalue weighted by Crippen LogP contribution is -2.69. The van der Waals surface area contributed by atoms with Gasteiger partial charge in [-0.2, -0.15) is 0 Å². The zero-order valence-corrected chi connectivity index (χ0v) is 13.4. The Labute approximate surface area is 126 Å². The lowest BCUT2D eigenvalue weighted by atomic mass is 9.55. The van der Waals surface area contributed by atoms with Gasteiger partial charge >= 0.3 is 5.97 Å². The van der Waals surface area contributed by atoms with Crippen LogP contribution in [0.2, 0.25) is 0 Å². The smallest absolute Gasteiger partial charge is 0.306 e. The summed E-state index contributed by atoms with van der Waals surface area (Å²) in [4.78, 5) is 23.3. The minimum absolute atomic E-state index is 0.0363. The number of methoxy groups -OCH3 is 1. The molecule has 21 heavy (non-hydrogen) atoms. The number of carbonyl (C=O) groups excluding carboxylic acids is 1. The summed E-state index contributed by atoms with van der Waals surface area (Å²) in [5.41, 5.74) is -0.276. The Morgan fingerprint density at radius 2 is 1.62 bits per heavy atom. The van der Waals surface area contributed by atoms with Crippen molar-refractivity contribution in [1.29, 1.82) is 0 Å². The molecule has 2 aliphatic carbocycles. The van der Waals surface area contributed by atoms with Crippen LogP contribution in [-0.4, -0.2) is 35.7 Å². The Morgan fingerprint density at radius 3 is 2.05 bits per heavy atom. The Hall–Kier alpha value is -1.10. The first kappa shape index (κ1) is 16.3. The molecular formula is C16H27NO4. The third kappa shape index (κ3) is 2.80. The van der Waals surface area contributed by atoms with E-state index < -0.39 is 5.97 Å². The standard InChI is InChI=1S/C16H27NO4/c1-15(2)12(9-16(15,3)21-4)17-13(18)10-5-7-11(8-6-10)14(19)20/h10-12H,5-9H2,1-4H3,(H,17,18)(H,19,20). The van der Waals surface area contributed by atoms with Gasteiger partial charge in [0.1, 0.15) is 0 Å². The van der Waals surface area contributed by atoms with Crippen molar-refractivity contribution in [3.8, 4) is 0 Å². The molecule has 5 heteroatoms. The summed E-state index contributed by atoms with van der Waals surface area (Å²) in [6.07, 6.45) is 3.40. The molecule has 5 nitrogen and oxygen atoms in total. The van der Waals surface area contributed by atoms with Gasteiger partial charge in [-0.3, -0.25) is 9.59 Å². The summed E-state index contributed by atoms with van der Waals surface area (Å²) >= 11 is 0. The Morgan fingerprint density at radius 1 is 1.10 bits per heavy atom. The van der Waals surface area contributed by atoms with E-state index in [-0.39, 0.29) is 34.8 Å². The molecule has 0 radical (unpaired) electrons. The van der Waals surface area contributed by atoms with E-state index >= 15 is 0 Å². The van der Waals surface area contributed by atoms with Gasteiger partial charge in [0, 0.05) is 24.5 Å². The number of carboxylic acids is 1. The number of ether oxygens (including phenoxy) is 1. The van der Waals surface area contributed by atoms with Crippen molar-refractivity contribution in [2.75, 3.05) is 7.11 Å². The quantitative estimate of drug-likeness (QED) is 0.834. The largest absolute Gasteiger partial charge is 0.481 e. The van der Waals surface area contributed by atoms with Crippen LogP contribution in [0.5, 0.6) is 0 Å². The molecule has 2 fully saturated rings. The maximum atomic E-state index is 12.4. The minimum Gasteiger partial charge on any atom is -0.481 e. The molecule has 0 heterocycles. The highest BCUT2D eigenvalue weighted by Gasteiger charge is 2.58. The van der Waals surface area contributed by atoms with Gasteiger partial charge in [-0.25, -0.2) is 0 Å². The highest BCUT2D eigenvalue weighted by atomic mass is 16.5. The second-order valence-corrected chi connectivity index (χ2v) is 7.31. The Kier molecular flexibility index (Phi) is 4.34. The van der Waals surface area contributed by atoms with Gasteiger partial charge in [-0.1, -0.05) is 13.8 Å². The van der Waals surface area contributed by atoms with Crippen LogP contribution in [0.15, 0.2) is 0 Å². The van der Waals surface area contributed by atoms with Crippen molar-refractivity contribution in [2.45, 2.75) is 64.5 Å². The molecule has 0 saturated heterocycles. The number of hydrogen-bond donors (Lipinski definition) is 2. The first-order valence-electron chi connectivity index (χ1n) is 7.79. The molecule has 2 aliphatic rings. The van der Waals surface area contributed by atoms with E-state index in [0.717, 1.165) is 6.42 Å². The summed E-state index contributed by atoms with van der Waals surface area (Å²) < 4.78 is 5.57. The first-order chi connectivity index (χ1) is 9.71. The first-order valence-corrected chi connectivity index (χ1v) is 7.79. The van der Waals surface area contributed by atoms with E-state index in [4.69, 9.17) is 9.84 Å². The SMILES string of the molecule is COC1(C)CC(NC(=O)C2CCC(C(=O)O)CC2)C1(C)C. The summed E-state index contributed by atoms with van der Waals surface area (Å²) in [6.45, 7) is 6.31. The third-order valence-electron chi connectivity index (χ3n) is 6.04. The van der Waals surface area contributed by atoms with Crippen LogP contribution in [0.1, 0.15) is 52.9 Å². The average Bonchev–Trinajstić information content (AvgIpc) is 2.46. The number of carbonyl (C=O) groups is 2. The van der Waals surface area contributed by atoms with Crippen LogP contribution in [0.25, 0.3) is 0 Å². The third-order valence-corrected chi connectivity index (χ3v) is 6.04. The number of aliphatic carboxylic acids is 1. The Balaban J connectivity index is 1.86. The molecule has 120 valence electrons. The molecule has 2 N–H and O–H groups in total. The van der Waals surface area contributed by atoms with Crippen LogP contribution in [0.4, 0.5) is 0 Å². The molecule has 0 spiro atoms. The van der Waals surface area contributed by atoms with E-state index in [9.17, 15) is 9.59 Å². The monoisotopic (exact) mass is 297 g/mol. The minimum atomic E-state index is -0.732. The van der Waals surface area contributed by atoms with Crippen molar-refractivity contribution in [2.24, 2.45) is 17.3 Å². The van der Waals surface area contributed by atoms with Gasteiger partial charge in [0.2, 0.25) is 5.91 Å². The summed E-state index contributed by atoms with van der Waals surface area (Å²) in [6, 6.07) is 0.132. The average molecular weight is 297 g/mol. The maximum absolute atomic E-state index is 12.4. The van der Waals surface area contributed by atoms with E-state index in [2.05, 4.69) is 26.1 Å². The highest BCUT2D eigenvalue weighted by molar-refractivity contribution is 5.80. The molecule has 1 amide bonds. The number of carboxylic acid groups (broad SMARTS) is 1. The van der Waals surface area contributed by atoms with E-state index in [1.807, 2.05) is 0 Å². The molecule has 2 atom stereocenters.